The number of carbonyl (C=O) groups is 1. The van der Waals surface area contributed by atoms with Gasteiger partial charge in [-0.1, -0.05) is 27.7 Å². The smallest absolute Gasteiger partial charge is 0.202 e. The molecule has 1 aliphatic rings. The fraction of sp³-hybridized carbons (Fsp3) is 0.700. The van der Waals surface area contributed by atoms with E-state index in [0.717, 1.165) is 6.42 Å². The number of carbonyl (C=O) groups excluding carboxylic acids is 1. The number of ketones is 1. The Hall–Kier alpha value is -0.790. The van der Waals surface area contributed by atoms with Gasteiger partial charge in [-0.05, 0) is 17.9 Å². The second-order valence-electron chi connectivity index (χ2n) is 4.91. The van der Waals surface area contributed by atoms with Gasteiger partial charge in [-0.2, -0.15) is 0 Å². The third kappa shape index (κ3) is 1.52. The topological polar surface area (TPSA) is 37.3 Å². The van der Waals surface area contributed by atoms with Gasteiger partial charge in [-0.3, -0.25) is 4.79 Å². The van der Waals surface area contributed by atoms with Crippen LogP contribution in [0.15, 0.2) is 11.8 Å². The normalized spacial score (nSPS) is 26.7. The maximum absolute atomic E-state index is 11.4. The Balaban J connectivity index is 3.09. The summed E-state index contributed by atoms with van der Waals surface area (Å²) in [6.45, 7) is 7.80. The highest BCUT2D eigenvalue weighted by molar-refractivity contribution is 5.98. The van der Waals surface area contributed by atoms with Gasteiger partial charge in [0.2, 0.25) is 5.78 Å². The zero-order chi connectivity index (χ0) is 9.57. The number of aliphatic hydroxyl groups is 1. The van der Waals surface area contributed by atoms with Crippen LogP contribution in [0.5, 0.6) is 0 Å². The third-order valence-corrected chi connectivity index (χ3v) is 2.27. The van der Waals surface area contributed by atoms with Crippen LogP contribution < -0.4 is 0 Å². The average molecular weight is 168 g/mol. The van der Waals surface area contributed by atoms with Crippen molar-refractivity contribution < 1.29 is 9.90 Å². The summed E-state index contributed by atoms with van der Waals surface area (Å²) in [5.41, 5.74) is -0.482. The SMILES string of the molecule is CC1(C)C=C(O)C(=O)C(C)(C)C1. The monoisotopic (exact) mass is 168 g/mol. The fourth-order valence-corrected chi connectivity index (χ4v) is 2.05. The number of allylic oxidation sites excluding steroid dienone is 2. The molecule has 12 heavy (non-hydrogen) atoms. The lowest BCUT2D eigenvalue weighted by Gasteiger charge is -2.35. The minimum Gasteiger partial charge on any atom is -0.505 e. The molecule has 1 N–H and O–H groups in total. The van der Waals surface area contributed by atoms with Gasteiger partial charge in [0.1, 0.15) is 0 Å². The van der Waals surface area contributed by atoms with E-state index in [1.807, 2.05) is 27.7 Å². The molecule has 1 aliphatic carbocycles. The summed E-state index contributed by atoms with van der Waals surface area (Å²) in [5, 5.41) is 9.36. The summed E-state index contributed by atoms with van der Waals surface area (Å²) in [5.74, 6) is -0.210. The van der Waals surface area contributed by atoms with Crippen LogP contribution in [-0.2, 0) is 4.79 Å². The lowest BCUT2D eigenvalue weighted by molar-refractivity contribution is -0.128. The summed E-state index contributed by atoms with van der Waals surface area (Å²) in [6, 6.07) is 0. The Morgan fingerprint density at radius 1 is 1.33 bits per heavy atom. The molecule has 0 heterocycles. The van der Waals surface area contributed by atoms with E-state index >= 15 is 0 Å². The third-order valence-electron chi connectivity index (χ3n) is 2.27. The Morgan fingerprint density at radius 3 is 2.25 bits per heavy atom. The average Bonchev–Trinajstić information content (AvgIpc) is 1.79. The number of Topliss-reactive ketones (excluding diaryl/α,β-unsaturated/α-hetero) is 1. The first-order chi connectivity index (χ1) is 5.25. The van der Waals surface area contributed by atoms with E-state index in [9.17, 15) is 9.90 Å². The van der Waals surface area contributed by atoms with Crippen LogP contribution in [0.1, 0.15) is 34.1 Å². The molecule has 1 rings (SSSR count). The van der Waals surface area contributed by atoms with E-state index in [-0.39, 0.29) is 17.0 Å². The molecule has 0 aromatic carbocycles. The molecule has 2 heteroatoms. The van der Waals surface area contributed by atoms with E-state index in [1.165, 1.54) is 0 Å². The molecule has 0 fully saturated rings. The Labute approximate surface area is 73.3 Å². The predicted molar refractivity (Wildman–Crippen MR) is 47.9 cm³/mol. The van der Waals surface area contributed by atoms with Crippen molar-refractivity contribution in [2.24, 2.45) is 10.8 Å². The van der Waals surface area contributed by atoms with Crippen molar-refractivity contribution in [2.75, 3.05) is 0 Å². The molecule has 0 amide bonds. The molecule has 0 aromatic rings. The van der Waals surface area contributed by atoms with Crippen LogP contribution >= 0.6 is 0 Å². The molecule has 0 bridgehead atoms. The zero-order valence-electron chi connectivity index (χ0n) is 8.14. The summed E-state index contributed by atoms with van der Waals surface area (Å²) in [7, 11) is 0. The van der Waals surface area contributed by atoms with Crippen LogP contribution in [0, 0.1) is 10.8 Å². The van der Waals surface area contributed by atoms with E-state index in [4.69, 9.17) is 0 Å². The van der Waals surface area contributed by atoms with Crippen LogP contribution in [0.3, 0.4) is 0 Å². The van der Waals surface area contributed by atoms with Gasteiger partial charge in [0, 0.05) is 5.41 Å². The summed E-state index contributed by atoms with van der Waals surface area (Å²) in [6.07, 6.45) is 2.45. The van der Waals surface area contributed by atoms with Crippen molar-refractivity contribution in [1.82, 2.24) is 0 Å². The Morgan fingerprint density at radius 2 is 1.83 bits per heavy atom. The molecule has 0 radical (unpaired) electrons. The molecule has 68 valence electrons. The molecule has 0 saturated heterocycles. The number of rotatable bonds is 0. The highest BCUT2D eigenvalue weighted by atomic mass is 16.3. The molecule has 0 aliphatic heterocycles. The van der Waals surface area contributed by atoms with Gasteiger partial charge in [-0.25, -0.2) is 0 Å². The molecule has 0 spiro atoms. The van der Waals surface area contributed by atoms with Crippen LogP contribution in [0.2, 0.25) is 0 Å². The van der Waals surface area contributed by atoms with E-state index < -0.39 is 5.41 Å². The lowest BCUT2D eigenvalue weighted by Crippen LogP contribution is -2.35. The quantitative estimate of drug-likeness (QED) is 0.603. The van der Waals surface area contributed by atoms with Crippen LogP contribution in [0.25, 0.3) is 0 Å². The van der Waals surface area contributed by atoms with Gasteiger partial charge in [-0.15, -0.1) is 0 Å². The van der Waals surface area contributed by atoms with Crippen molar-refractivity contribution >= 4 is 5.78 Å². The van der Waals surface area contributed by atoms with Gasteiger partial charge >= 0.3 is 0 Å². The molecule has 0 aromatic heterocycles. The van der Waals surface area contributed by atoms with Crippen molar-refractivity contribution in [3.63, 3.8) is 0 Å². The van der Waals surface area contributed by atoms with Crippen molar-refractivity contribution in [2.45, 2.75) is 34.1 Å². The van der Waals surface area contributed by atoms with Gasteiger partial charge in [0.15, 0.2) is 5.76 Å². The maximum atomic E-state index is 11.4. The van der Waals surface area contributed by atoms with E-state index in [0.29, 0.717) is 0 Å². The lowest BCUT2D eigenvalue weighted by atomic mass is 9.68. The van der Waals surface area contributed by atoms with Crippen molar-refractivity contribution in [3.8, 4) is 0 Å². The minimum atomic E-state index is -0.414. The first-order valence-corrected chi connectivity index (χ1v) is 4.21. The second-order valence-corrected chi connectivity index (χ2v) is 4.91. The second kappa shape index (κ2) is 2.35. The Kier molecular flexibility index (Phi) is 1.82. The summed E-state index contributed by atoms with van der Waals surface area (Å²) < 4.78 is 0. The van der Waals surface area contributed by atoms with E-state index in [2.05, 4.69) is 0 Å². The van der Waals surface area contributed by atoms with Gasteiger partial charge in [0.25, 0.3) is 0 Å². The van der Waals surface area contributed by atoms with Crippen LogP contribution in [0.4, 0.5) is 0 Å². The van der Waals surface area contributed by atoms with Gasteiger partial charge < -0.3 is 5.11 Å². The van der Waals surface area contributed by atoms with Crippen molar-refractivity contribution in [3.05, 3.63) is 11.8 Å². The molecular formula is C10H16O2. The van der Waals surface area contributed by atoms with Crippen LogP contribution in [-0.4, -0.2) is 10.9 Å². The summed E-state index contributed by atoms with van der Waals surface area (Å²) in [4.78, 5) is 11.4. The highest BCUT2D eigenvalue weighted by Crippen LogP contribution is 2.41. The predicted octanol–water partition coefficient (Wildman–Crippen LogP) is 2.45. The minimum absolute atomic E-state index is 0.0680. The first-order valence-electron chi connectivity index (χ1n) is 4.21. The molecule has 2 nitrogen and oxygen atoms in total. The molecular weight excluding hydrogens is 152 g/mol. The number of hydrogen-bond acceptors (Lipinski definition) is 2. The molecule has 0 atom stereocenters. The fourth-order valence-electron chi connectivity index (χ4n) is 2.05. The summed E-state index contributed by atoms with van der Waals surface area (Å²) >= 11 is 0. The molecule has 0 unspecified atom stereocenters. The molecule has 0 saturated carbocycles. The largest absolute Gasteiger partial charge is 0.505 e. The van der Waals surface area contributed by atoms with Crippen molar-refractivity contribution in [1.29, 1.82) is 0 Å². The van der Waals surface area contributed by atoms with Gasteiger partial charge in [0.05, 0.1) is 0 Å². The Bertz CT molecular complexity index is 247. The van der Waals surface area contributed by atoms with E-state index in [1.54, 1.807) is 6.08 Å². The zero-order valence-corrected chi connectivity index (χ0v) is 8.14. The standard InChI is InChI=1S/C10H16O2/c1-9(2)5-7(11)8(12)10(3,4)6-9/h5,11H,6H2,1-4H3. The number of hydrogen-bond donors (Lipinski definition) is 1. The highest BCUT2D eigenvalue weighted by Gasteiger charge is 2.40. The number of aliphatic hydroxyl groups excluding tert-OH is 1. The first kappa shape index (κ1) is 9.30. The maximum Gasteiger partial charge on any atom is 0.202 e.